The van der Waals surface area contributed by atoms with Gasteiger partial charge in [0, 0.05) is 74.8 Å². The predicted molar refractivity (Wildman–Crippen MR) is 397 cm³/mol. The number of hydrogen-bond acceptors (Lipinski definition) is 2. The molecule has 0 bridgehead atoms. The third-order valence-corrected chi connectivity index (χ3v) is 17.7. The lowest BCUT2D eigenvalue weighted by Gasteiger charge is -2.26. The maximum atomic E-state index is 3.86. The van der Waals surface area contributed by atoms with Crippen molar-refractivity contribution in [2.45, 2.75) is 0 Å². The molecule has 4 nitrogen and oxygen atoms in total. The Morgan fingerprint density at radius 3 is 1.04 bits per heavy atom. The molecule has 0 aliphatic heterocycles. The summed E-state index contributed by atoms with van der Waals surface area (Å²) in [6.45, 7) is 0. The van der Waals surface area contributed by atoms with Gasteiger partial charge in [0.25, 0.3) is 0 Å². The summed E-state index contributed by atoms with van der Waals surface area (Å²) in [7, 11) is 0. The van der Waals surface area contributed by atoms with Crippen LogP contribution in [-0.4, -0.2) is 9.13 Å². The molecule has 0 fully saturated rings. The molecule has 0 spiro atoms. The van der Waals surface area contributed by atoms with Crippen molar-refractivity contribution in [3.63, 3.8) is 0 Å². The van der Waals surface area contributed by atoms with Crippen molar-refractivity contribution in [2.24, 2.45) is 0 Å². The maximum absolute atomic E-state index is 3.86. The van der Waals surface area contributed by atoms with Gasteiger partial charge in [-0.05, 0) is 178 Å². The highest BCUT2D eigenvalue weighted by Crippen LogP contribution is 2.42. The molecule has 0 amide bonds. The van der Waals surface area contributed by atoms with Crippen LogP contribution < -0.4 is 10.2 Å². The largest absolute Gasteiger partial charge is 0.356 e. The van der Waals surface area contributed by atoms with Crippen LogP contribution in [0.2, 0.25) is 0 Å². The molecule has 436 valence electrons. The summed E-state index contributed by atoms with van der Waals surface area (Å²) in [6.07, 6.45) is 0. The van der Waals surface area contributed by atoms with E-state index in [1.807, 2.05) is 24.3 Å². The Labute approximate surface area is 556 Å². The smallest absolute Gasteiger partial charge is 0.0547 e. The number of para-hydroxylation sites is 6. The van der Waals surface area contributed by atoms with E-state index in [0.717, 1.165) is 58.7 Å². The second-order valence-electron chi connectivity index (χ2n) is 22.2. The Kier molecular flexibility index (Phi) is 17.2. The fourth-order valence-electron chi connectivity index (χ4n) is 12.1. The molecule has 2 heterocycles. The predicted octanol–water partition coefficient (Wildman–Crippen LogP) is 25.4. The minimum absolute atomic E-state index is 1.03. The summed E-state index contributed by atoms with van der Waals surface area (Å²) >= 11 is 11.1. The van der Waals surface area contributed by atoms with Gasteiger partial charge in [-0.3, -0.25) is 0 Å². The monoisotopic (exact) mass is 1360 g/mol. The molecule has 0 aliphatic rings. The third kappa shape index (κ3) is 12.8. The molecule has 2 aromatic heterocycles. The zero-order valence-electron chi connectivity index (χ0n) is 49.5. The number of anilines is 5. The molecule has 0 aliphatic carbocycles. The first-order valence-corrected chi connectivity index (χ1v) is 32.7. The lowest BCUT2D eigenvalue weighted by molar-refractivity contribution is 1.18. The summed E-state index contributed by atoms with van der Waals surface area (Å²) in [4.78, 5) is 2.32. The van der Waals surface area contributed by atoms with Crippen molar-refractivity contribution >= 4 is 120 Å². The summed E-state index contributed by atoms with van der Waals surface area (Å²) < 4.78 is 7.88. The normalized spacial score (nSPS) is 11.0. The van der Waals surface area contributed by atoms with Gasteiger partial charge in [0.1, 0.15) is 0 Å². The van der Waals surface area contributed by atoms with Crippen LogP contribution in [0.15, 0.2) is 365 Å². The van der Waals surface area contributed by atoms with Crippen LogP contribution in [0.25, 0.3) is 99.5 Å². The van der Waals surface area contributed by atoms with Crippen LogP contribution in [0.5, 0.6) is 0 Å². The number of benzene rings is 14. The summed E-state index contributed by atoms with van der Waals surface area (Å²) in [5.74, 6) is 0. The van der Waals surface area contributed by atoms with Gasteiger partial charge in [0.2, 0.25) is 0 Å². The van der Waals surface area contributed by atoms with Crippen molar-refractivity contribution in [1.29, 1.82) is 0 Å². The van der Waals surface area contributed by atoms with Gasteiger partial charge >= 0.3 is 0 Å². The highest BCUT2D eigenvalue weighted by molar-refractivity contribution is 9.11. The first-order chi connectivity index (χ1) is 44.8. The van der Waals surface area contributed by atoms with E-state index in [1.54, 1.807) is 0 Å². The molecule has 91 heavy (non-hydrogen) atoms. The van der Waals surface area contributed by atoms with Gasteiger partial charge in [-0.2, -0.15) is 0 Å². The minimum Gasteiger partial charge on any atom is -0.356 e. The van der Waals surface area contributed by atoms with E-state index >= 15 is 0 Å². The van der Waals surface area contributed by atoms with Gasteiger partial charge in [0.15, 0.2) is 0 Å². The number of hydrogen-bond donors (Lipinski definition) is 1. The Balaban J connectivity index is 0.000000132. The van der Waals surface area contributed by atoms with Crippen molar-refractivity contribution in [2.75, 3.05) is 10.2 Å². The van der Waals surface area contributed by atoms with E-state index in [0.29, 0.717) is 0 Å². The fourth-order valence-corrected chi connectivity index (χ4v) is 13.9. The van der Waals surface area contributed by atoms with Crippen molar-refractivity contribution < 1.29 is 0 Å². The Morgan fingerprint density at radius 1 is 0.220 bits per heavy atom. The van der Waals surface area contributed by atoms with Gasteiger partial charge in [-0.25, -0.2) is 0 Å². The number of nitrogens with zero attached hydrogens (tertiary/aromatic N) is 3. The summed E-state index contributed by atoms with van der Waals surface area (Å²) in [5.41, 5.74) is 22.3. The van der Waals surface area contributed by atoms with Gasteiger partial charge in [-0.15, -0.1) is 0 Å². The van der Waals surface area contributed by atoms with E-state index in [9.17, 15) is 0 Å². The van der Waals surface area contributed by atoms with E-state index in [2.05, 4.69) is 395 Å². The highest BCUT2D eigenvalue weighted by atomic mass is 79.9. The van der Waals surface area contributed by atoms with Crippen LogP contribution in [0.4, 0.5) is 28.4 Å². The first-order valence-electron chi connectivity index (χ1n) is 30.3. The Bertz CT molecular complexity index is 5110. The molecular formula is C84H59Br3N4. The second kappa shape index (κ2) is 26.8. The zero-order valence-corrected chi connectivity index (χ0v) is 54.2. The number of fused-ring (bicyclic) bond motifs is 6. The lowest BCUT2D eigenvalue weighted by Crippen LogP contribution is -2.10. The highest BCUT2D eigenvalue weighted by Gasteiger charge is 2.18. The third-order valence-electron chi connectivity index (χ3n) is 16.3. The van der Waals surface area contributed by atoms with Crippen molar-refractivity contribution in [1.82, 2.24) is 9.13 Å². The van der Waals surface area contributed by atoms with Gasteiger partial charge < -0.3 is 19.4 Å². The molecular weight excluding hydrogens is 1300 g/mol. The molecule has 7 heteroatoms. The van der Waals surface area contributed by atoms with Crippen LogP contribution >= 0.6 is 47.8 Å². The van der Waals surface area contributed by atoms with E-state index < -0.39 is 0 Å². The molecule has 16 rings (SSSR count). The number of aromatic nitrogens is 2. The molecule has 1 N–H and O–H groups in total. The topological polar surface area (TPSA) is 25.1 Å². The van der Waals surface area contributed by atoms with Crippen molar-refractivity contribution in [3.8, 4) is 55.9 Å². The molecule has 16 aromatic rings. The zero-order chi connectivity index (χ0) is 61.5. The molecule has 0 atom stereocenters. The van der Waals surface area contributed by atoms with Gasteiger partial charge in [0.05, 0.1) is 22.1 Å². The molecule has 0 unspecified atom stereocenters. The van der Waals surface area contributed by atoms with E-state index in [-0.39, 0.29) is 0 Å². The summed E-state index contributed by atoms with van der Waals surface area (Å²) in [6, 6.07) is 124. The quantitative estimate of drug-likeness (QED) is 0.140. The lowest BCUT2D eigenvalue weighted by atomic mass is 10.0. The van der Waals surface area contributed by atoms with Crippen LogP contribution in [0.3, 0.4) is 0 Å². The Morgan fingerprint density at radius 2 is 0.560 bits per heavy atom. The fraction of sp³-hybridized carbons (Fsp3) is 0. The SMILES string of the molecule is Brc1cc(-c2ccc3c4ccccc4n(-c4ccccc4)c3c2)cc(N(c2ccccc2)c2ccc(-c3ccccc3)cc2)c1.Brc1cc(Br)cc(-c2ccc3c4ccccc4n(-c4ccccc4)c3c2)c1.c1ccc(Nc2ccc(-c3ccccc3)cc2)cc1. The van der Waals surface area contributed by atoms with Crippen LogP contribution in [0.1, 0.15) is 0 Å². The average molecular weight is 1360 g/mol. The van der Waals surface area contributed by atoms with E-state index in [1.165, 1.54) is 82.7 Å². The molecule has 0 saturated carbocycles. The Hall–Kier alpha value is -10.3. The molecule has 14 aromatic carbocycles. The molecule has 0 saturated heterocycles. The van der Waals surface area contributed by atoms with Crippen LogP contribution in [-0.2, 0) is 0 Å². The van der Waals surface area contributed by atoms with Crippen LogP contribution in [0, 0.1) is 0 Å². The van der Waals surface area contributed by atoms with Gasteiger partial charge in [-0.1, -0.05) is 266 Å². The summed E-state index contributed by atoms with van der Waals surface area (Å²) in [5, 5.41) is 8.43. The molecule has 0 radical (unpaired) electrons. The number of rotatable bonds is 11. The first kappa shape index (κ1) is 58.4. The van der Waals surface area contributed by atoms with E-state index in [4.69, 9.17) is 0 Å². The van der Waals surface area contributed by atoms with Crippen molar-refractivity contribution in [3.05, 3.63) is 365 Å². The standard InChI is InChI=1S/C42H29BrN2.C24H15Br2N.C18H15N/c43-34-26-33(32-22-25-40-39-18-10-11-19-41(39)45(42(40)28-32)36-16-8-3-9-17-36)27-38(29-34)44(35-14-6-2-7-15-35)37-23-20-31(21-24-37)30-12-4-1-5-13-30;25-18-12-17(13-19(26)15-18)16-10-11-22-21-8-4-5-9-23(21)27(24(22)14-16)20-6-2-1-3-7-20;1-3-7-15(8-4-1)16-11-13-18(14-12-16)19-17-9-5-2-6-10-17/h1-29H;1-15H;1-14,19H. The minimum atomic E-state index is 1.03. The number of nitrogens with one attached hydrogen (secondary N) is 1. The second-order valence-corrected chi connectivity index (χ2v) is 25.0. The average Bonchev–Trinajstić information content (AvgIpc) is 1.63. The number of halogens is 3. The maximum Gasteiger partial charge on any atom is 0.0547 e.